The molecule has 0 aromatic heterocycles. The number of nitrogens with one attached hydrogen (secondary N) is 1. The van der Waals surface area contributed by atoms with Gasteiger partial charge in [-0.3, -0.25) is 4.79 Å². The summed E-state index contributed by atoms with van der Waals surface area (Å²) in [6.07, 6.45) is 1.98. The average molecular weight is 238 g/mol. The van der Waals surface area contributed by atoms with Gasteiger partial charge in [0.1, 0.15) is 5.41 Å². The summed E-state index contributed by atoms with van der Waals surface area (Å²) in [4.78, 5) is 12.1. The number of rotatable bonds is 3. The molecular formula is C12H18N2O3. The molecule has 0 bridgehead atoms. The summed E-state index contributed by atoms with van der Waals surface area (Å²) in [5.41, 5.74) is -0.877. The molecule has 94 valence electrons. The zero-order chi connectivity index (χ0) is 12.1. The number of nitrogens with zero attached hydrogens (tertiary/aromatic N) is 1. The lowest BCUT2D eigenvalue weighted by Crippen LogP contribution is -2.45. The Bertz CT molecular complexity index is 312. The van der Waals surface area contributed by atoms with E-state index in [2.05, 4.69) is 11.4 Å². The van der Waals surface area contributed by atoms with Gasteiger partial charge in [-0.05, 0) is 19.3 Å². The van der Waals surface area contributed by atoms with Gasteiger partial charge in [0.25, 0.3) is 0 Å². The van der Waals surface area contributed by atoms with E-state index in [-0.39, 0.29) is 5.91 Å². The van der Waals surface area contributed by atoms with E-state index in [0.29, 0.717) is 45.1 Å². The fourth-order valence-electron chi connectivity index (χ4n) is 2.26. The number of carbonyl (C=O) groups excluding carboxylic acids is 1. The Kier molecular flexibility index (Phi) is 3.97. The molecular weight excluding hydrogens is 220 g/mol. The van der Waals surface area contributed by atoms with E-state index < -0.39 is 5.41 Å². The smallest absolute Gasteiger partial charge is 0.240 e. The zero-order valence-electron chi connectivity index (χ0n) is 9.91. The first-order valence-corrected chi connectivity index (χ1v) is 6.12. The van der Waals surface area contributed by atoms with Gasteiger partial charge in [-0.15, -0.1) is 0 Å². The van der Waals surface area contributed by atoms with Crippen LogP contribution in [0.1, 0.15) is 19.3 Å². The normalized spacial score (nSPS) is 27.4. The molecule has 2 saturated heterocycles. The SMILES string of the molecule is N#CC1(C(=O)NCC2CCOC2)CCOCC1. The molecule has 0 aliphatic carbocycles. The molecule has 0 spiro atoms. The highest BCUT2D eigenvalue weighted by Gasteiger charge is 2.40. The third-order valence-electron chi connectivity index (χ3n) is 3.57. The fraction of sp³-hybridized carbons (Fsp3) is 0.833. The average Bonchev–Trinajstić information content (AvgIpc) is 2.90. The summed E-state index contributed by atoms with van der Waals surface area (Å²) in [5.74, 6) is 0.254. The quantitative estimate of drug-likeness (QED) is 0.775. The summed E-state index contributed by atoms with van der Waals surface area (Å²) in [6.45, 7) is 3.09. The van der Waals surface area contributed by atoms with Crippen LogP contribution in [0.3, 0.4) is 0 Å². The zero-order valence-corrected chi connectivity index (χ0v) is 9.91. The molecule has 0 saturated carbocycles. The van der Waals surface area contributed by atoms with E-state index in [4.69, 9.17) is 9.47 Å². The second-order valence-electron chi connectivity index (χ2n) is 4.75. The number of amides is 1. The van der Waals surface area contributed by atoms with Crippen LogP contribution in [-0.4, -0.2) is 38.9 Å². The Balaban J connectivity index is 1.86. The number of hydrogen-bond acceptors (Lipinski definition) is 4. The first-order chi connectivity index (χ1) is 8.27. The van der Waals surface area contributed by atoms with Gasteiger partial charge in [-0.25, -0.2) is 0 Å². The second kappa shape index (κ2) is 5.48. The maximum atomic E-state index is 12.1. The molecule has 2 rings (SSSR count). The predicted molar refractivity (Wildman–Crippen MR) is 60.0 cm³/mol. The summed E-state index contributed by atoms with van der Waals surface area (Å²) in [7, 11) is 0. The highest BCUT2D eigenvalue weighted by atomic mass is 16.5. The van der Waals surface area contributed by atoms with Crippen LogP contribution in [0, 0.1) is 22.7 Å². The van der Waals surface area contributed by atoms with Crippen molar-refractivity contribution in [2.24, 2.45) is 11.3 Å². The largest absolute Gasteiger partial charge is 0.381 e. The minimum Gasteiger partial charge on any atom is -0.381 e. The van der Waals surface area contributed by atoms with Crippen molar-refractivity contribution in [1.82, 2.24) is 5.32 Å². The van der Waals surface area contributed by atoms with E-state index in [1.54, 1.807) is 0 Å². The minimum atomic E-state index is -0.877. The lowest BCUT2D eigenvalue weighted by molar-refractivity contribution is -0.132. The molecule has 2 fully saturated rings. The molecule has 1 N–H and O–H groups in total. The summed E-state index contributed by atoms with van der Waals surface area (Å²) in [6, 6.07) is 2.17. The Morgan fingerprint density at radius 1 is 1.35 bits per heavy atom. The van der Waals surface area contributed by atoms with E-state index in [1.165, 1.54) is 0 Å². The summed E-state index contributed by atoms with van der Waals surface area (Å²) < 4.78 is 10.5. The standard InChI is InChI=1S/C12H18N2O3/c13-9-12(2-5-16-6-3-12)11(15)14-7-10-1-4-17-8-10/h10H,1-8H2,(H,14,15). The topological polar surface area (TPSA) is 71.4 Å². The van der Waals surface area contributed by atoms with E-state index in [0.717, 1.165) is 13.0 Å². The van der Waals surface area contributed by atoms with E-state index in [1.807, 2.05) is 0 Å². The Labute approximate surface area is 101 Å². The van der Waals surface area contributed by atoms with Crippen LogP contribution in [0.4, 0.5) is 0 Å². The maximum Gasteiger partial charge on any atom is 0.240 e. The maximum absolute atomic E-state index is 12.1. The van der Waals surface area contributed by atoms with Gasteiger partial charge < -0.3 is 14.8 Å². The number of hydrogen-bond donors (Lipinski definition) is 1. The highest BCUT2D eigenvalue weighted by molar-refractivity contribution is 5.85. The third-order valence-corrected chi connectivity index (χ3v) is 3.57. The van der Waals surface area contributed by atoms with Crippen LogP contribution in [0.25, 0.3) is 0 Å². The van der Waals surface area contributed by atoms with Crippen molar-refractivity contribution < 1.29 is 14.3 Å². The molecule has 2 aliphatic heterocycles. The second-order valence-corrected chi connectivity index (χ2v) is 4.75. The third kappa shape index (κ3) is 2.76. The summed E-state index contributed by atoms with van der Waals surface area (Å²) in [5, 5.41) is 12.1. The molecule has 2 heterocycles. The molecule has 0 radical (unpaired) electrons. The van der Waals surface area contributed by atoms with Crippen molar-refractivity contribution in [1.29, 1.82) is 5.26 Å². The minimum absolute atomic E-state index is 0.143. The van der Waals surface area contributed by atoms with Gasteiger partial charge in [0.2, 0.25) is 5.91 Å². The van der Waals surface area contributed by atoms with Crippen LogP contribution >= 0.6 is 0 Å². The molecule has 0 aromatic rings. The Morgan fingerprint density at radius 2 is 2.12 bits per heavy atom. The van der Waals surface area contributed by atoms with Crippen molar-refractivity contribution in [3.63, 3.8) is 0 Å². The van der Waals surface area contributed by atoms with Crippen LogP contribution in [0.15, 0.2) is 0 Å². The molecule has 1 amide bonds. The molecule has 5 nitrogen and oxygen atoms in total. The highest BCUT2D eigenvalue weighted by Crippen LogP contribution is 2.29. The van der Waals surface area contributed by atoms with Gasteiger partial charge in [0.15, 0.2) is 0 Å². The van der Waals surface area contributed by atoms with Gasteiger partial charge >= 0.3 is 0 Å². The molecule has 17 heavy (non-hydrogen) atoms. The van der Waals surface area contributed by atoms with Gasteiger partial charge in [-0.1, -0.05) is 0 Å². The number of carbonyl (C=O) groups is 1. The monoisotopic (exact) mass is 238 g/mol. The number of ether oxygens (including phenoxy) is 2. The Hall–Kier alpha value is -1.12. The number of nitriles is 1. The first-order valence-electron chi connectivity index (χ1n) is 6.12. The molecule has 1 unspecified atom stereocenters. The van der Waals surface area contributed by atoms with Gasteiger partial charge in [-0.2, -0.15) is 5.26 Å². The van der Waals surface area contributed by atoms with Crippen LogP contribution in [0.5, 0.6) is 0 Å². The molecule has 2 aliphatic rings. The van der Waals surface area contributed by atoms with E-state index >= 15 is 0 Å². The van der Waals surface area contributed by atoms with Crippen LogP contribution in [-0.2, 0) is 14.3 Å². The summed E-state index contributed by atoms with van der Waals surface area (Å²) >= 11 is 0. The van der Waals surface area contributed by atoms with Gasteiger partial charge in [0.05, 0.1) is 12.7 Å². The van der Waals surface area contributed by atoms with Crippen LogP contribution < -0.4 is 5.32 Å². The molecule has 5 heteroatoms. The molecule has 0 aromatic carbocycles. The predicted octanol–water partition coefficient (Wildman–Crippen LogP) is 0.459. The van der Waals surface area contributed by atoms with E-state index in [9.17, 15) is 10.1 Å². The van der Waals surface area contributed by atoms with Crippen LogP contribution in [0.2, 0.25) is 0 Å². The van der Waals surface area contributed by atoms with Crippen molar-refractivity contribution in [2.45, 2.75) is 19.3 Å². The van der Waals surface area contributed by atoms with Crippen molar-refractivity contribution >= 4 is 5.91 Å². The van der Waals surface area contributed by atoms with Gasteiger partial charge in [0, 0.05) is 32.3 Å². The first kappa shape index (κ1) is 12.3. The Morgan fingerprint density at radius 3 is 2.71 bits per heavy atom. The van der Waals surface area contributed by atoms with Crippen molar-refractivity contribution in [2.75, 3.05) is 33.0 Å². The lowest BCUT2D eigenvalue weighted by atomic mass is 9.81. The van der Waals surface area contributed by atoms with Crippen molar-refractivity contribution in [3.05, 3.63) is 0 Å². The molecule has 1 atom stereocenters. The fourth-order valence-corrected chi connectivity index (χ4v) is 2.26. The van der Waals surface area contributed by atoms with Crippen molar-refractivity contribution in [3.8, 4) is 6.07 Å². The lowest BCUT2D eigenvalue weighted by Gasteiger charge is -2.29.